The third-order valence-corrected chi connectivity index (χ3v) is 6.07. The van der Waals surface area contributed by atoms with Gasteiger partial charge < -0.3 is 15.0 Å². The Morgan fingerprint density at radius 2 is 2.11 bits per heavy atom. The highest BCUT2D eigenvalue weighted by atomic mass is 16.5. The minimum Gasteiger partial charge on any atom is -0.496 e. The molecule has 0 aromatic heterocycles. The van der Waals surface area contributed by atoms with Gasteiger partial charge in [0.2, 0.25) is 11.8 Å². The smallest absolute Gasteiger partial charge is 0.245 e. The molecule has 2 amide bonds. The fourth-order valence-electron chi connectivity index (χ4n) is 4.40. The number of ether oxygens (including phenoxy) is 1. The lowest BCUT2D eigenvalue weighted by Gasteiger charge is -2.44. The highest BCUT2D eigenvalue weighted by molar-refractivity contribution is 5.87. The number of nitrogens with zero attached hydrogens (tertiary/aromatic N) is 1. The molecule has 146 valence electrons. The minimum atomic E-state index is -0.170. The Hall–Kier alpha value is -2.30. The fourth-order valence-corrected chi connectivity index (χ4v) is 4.40. The first-order chi connectivity index (χ1) is 12.9. The number of hydrogen-bond donors (Lipinski definition) is 1. The Bertz CT molecular complexity index is 727. The third-order valence-electron chi connectivity index (χ3n) is 6.07. The van der Waals surface area contributed by atoms with Crippen molar-refractivity contribution in [2.24, 2.45) is 11.3 Å². The van der Waals surface area contributed by atoms with E-state index in [0.717, 1.165) is 37.0 Å². The number of hydrogen-bond acceptors (Lipinski definition) is 3. The standard InChI is InChI=1S/C22H30N2O3/c1-5-20(25)24-12-11-19(22(2,3)14-24)23-21(26)16-10-9-15-7-6-8-18(27-4)17(15)13-16/h5-8,16,19H,1,9-14H2,2-4H3,(H,23,26). The summed E-state index contributed by atoms with van der Waals surface area (Å²) in [5.41, 5.74) is 2.28. The second-order valence-corrected chi connectivity index (χ2v) is 8.34. The number of aryl methyl sites for hydroxylation is 1. The summed E-state index contributed by atoms with van der Waals surface area (Å²) < 4.78 is 5.49. The van der Waals surface area contributed by atoms with Crippen LogP contribution in [0.1, 0.15) is 37.8 Å². The predicted octanol–water partition coefficient (Wildman–Crippen LogP) is 2.73. The van der Waals surface area contributed by atoms with Gasteiger partial charge in [-0.3, -0.25) is 9.59 Å². The van der Waals surface area contributed by atoms with Gasteiger partial charge in [-0.05, 0) is 49.0 Å². The van der Waals surface area contributed by atoms with Crippen LogP contribution in [0.25, 0.3) is 0 Å². The summed E-state index contributed by atoms with van der Waals surface area (Å²) in [5, 5.41) is 3.28. The highest BCUT2D eigenvalue weighted by Crippen LogP contribution is 2.34. The number of carbonyl (C=O) groups is 2. The molecule has 5 nitrogen and oxygen atoms in total. The minimum absolute atomic E-state index is 0.0302. The molecule has 1 aromatic rings. The van der Waals surface area contributed by atoms with E-state index in [1.54, 1.807) is 7.11 Å². The first kappa shape index (κ1) is 19.5. The molecule has 1 aliphatic heterocycles. The van der Waals surface area contributed by atoms with Gasteiger partial charge in [-0.25, -0.2) is 0 Å². The molecule has 3 rings (SSSR count). The topological polar surface area (TPSA) is 58.6 Å². The number of likely N-dealkylation sites (tertiary alicyclic amines) is 1. The molecule has 0 spiro atoms. The summed E-state index contributed by atoms with van der Waals surface area (Å²) in [6.07, 6.45) is 4.62. The van der Waals surface area contributed by atoms with Crippen LogP contribution in [-0.2, 0) is 22.4 Å². The number of methoxy groups -OCH3 is 1. The van der Waals surface area contributed by atoms with E-state index in [2.05, 4.69) is 31.8 Å². The maximum Gasteiger partial charge on any atom is 0.245 e. The molecule has 2 atom stereocenters. The van der Waals surface area contributed by atoms with E-state index >= 15 is 0 Å². The first-order valence-corrected chi connectivity index (χ1v) is 9.72. The van der Waals surface area contributed by atoms with Crippen LogP contribution in [0.2, 0.25) is 0 Å². The van der Waals surface area contributed by atoms with E-state index in [9.17, 15) is 9.59 Å². The molecule has 27 heavy (non-hydrogen) atoms. The Balaban J connectivity index is 1.66. The summed E-state index contributed by atoms with van der Waals surface area (Å²) in [5.74, 6) is 0.927. The van der Waals surface area contributed by atoms with E-state index in [-0.39, 0.29) is 29.2 Å². The zero-order valence-corrected chi connectivity index (χ0v) is 16.6. The fraction of sp³-hybridized carbons (Fsp3) is 0.545. The second kappa shape index (κ2) is 7.75. The van der Waals surface area contributed by atoms with Gasteiger partial charge in [-0.2, -0.15) is 0 Å². The Kier molecular flexibility index (Phi) is 5.59. The molecule has 5 heteroatoms. The quantitative estimate of drug-likeness (QED) is 0.829. The maximum atomic E-state index is 13.0. The summed E-state index contributed by atoms with van der Waals surface area (Å²) in [7, 11) is 1.68. The first-order valence-electron chi connectivity index (χ1n) is 9.72. The number of benzene rings is 1. The third kappa shape index (κ3) is 4.02. The van der Waals surface area contributed by atoms with Crippen molar-refractivity contribution in [3.63, 3.8) is 0 Å². The summed E-state index contributed by atoms with van der Waals surface area (Å²) >= 11 is 0. The van der Waals surface area contributed by atoms with Crippen LogP contribution in [0.4, 0.5) is 0 Å². The summed E-state index contributed by atoms with van der Waals surface area (Å²) in [6, 6.07) is 6.17. The molecule has 2 aliphatic rings. The van der Waals surface area contributed by atoms with Crippen LogP contribution in [0, 0.1) is 11.3 Å². The van der Waals surface area contributed by atoms with Gasteiger partial charge in [-0.15, -0.1) is 0 Å². The molecule has 1 aromatic carbocycles. The normalized spacial score (nSPS) is 23.9. The molecule has 0 bridgehead atoms. The average molecular weight is 370 g/mol. The number of carbonyl (C=O) groups excluding carboxylic acids is 2. The van der Waals surface area contributed by atoms with Crippen LogP contribution < -0.4 is 10.1 Å². The lowest BCUT2D eigenvalue weighted by molar-refractivity contribution is -0.131. The van der Waals surface area contributed by atoms with Crippen LogP contribution in [0.3, 0.4) is 0 Å². The molecule has 0 radical (unpaired) electrons. The van der Waals surface area contributed by atoms with Crippen LogP contribution in [0.5, 0.6) is 5.75 Å². The number of nitrogens with one attached hydrogen (secondary N) is 1. The van der Waals surface area contributed by atoms with E-state index < -0.39 is 0 Å². The van der Waals surface area contributed by atoms with Gasteiger partial charge in [-0.1, -0.05) is 32.6 Å². The van der Waals surface area contributed by atoms with Crippen molar-refractivity contribution in [1.82, 2.24) is 10.2 Å². The van der Waals surface area contributed by atoms with Crippen molar-refractivity contribution in [2.75, 3.05) is 20.2 Å². The van der Waals surface area contributed by atoms with Crippen molar-refractivity contribution in [1.29, 1.82) is 0 Å². The molecular weight excluding hydrogens is 340 g/mol. The summed E-state index contributed by atoms with van der Waals surface area (Å²) in [4.78, 5) is 26.7. The Morgan fingerprint density at radius 1 is 1.33 bits per heavy atom. The van der Waals surface area contributed by atoms with Crippen molar-refractivity contribution < 1.29 is 14.3 Å². The number of fused-ring (bicyclic) bond motifs is 1. The SMILES string of the molecule is C=CC(=O)N1CCC(NC(=O)C2CCc3cccc(OC)c3C2)C(C)(C)C1. The Morgan fingerprint density at radius 3 is 2.78 bits per heavy atom. The van der Waals surface area contributed by atoms with Gasteiger partial charge in [0, 0.05) is 30.5 Å². The number of piperidine rings is 1. The van der Waals surface area contributed by atoms with Crippen LogP contribution in [-0.4, -0.2) is 43.0 Å². The van der Waals surface area contributed by atoms with E-state index in [1.807, 2.05) is 17.0 Å². The maximum absolute atomic E-state index is 13.0. The molecule has 2 unspecified atom stereocenters. The molecule has 1 fully saturated rings. The molecule has 1 N–H and O–H groups in total. The lowest BCUT2D eigenvalue weighted by Crippen LogP contribution is -2.57. The highest BCUT2D eigenvalue weighted by Gasteiger charge is 2.39. The van der Waals surface area contributed by atoms with E-state index in [1.165, 1.54) is 11.6 Å². The van der Waals surface area contributed by atoms with Crippen molar-refractivity contribution in [3.05, 3.63) is 42.0 Å². The molecule has 1 saturated heterocycles. The number of rotatable bonds is 4. The largest absolute Gasteiger partial charge is 0.496 e. The van der Waals surface area contributed by atoms with Crippen molar-refractivity contribution in [3.8, 4) is 5.75 Å². The molecule has 1 aliphatic carbocycles. The van der Waals surface area contributed by atoms with E-state index in [0.29, 0.717) is 13.1 Å². The molecular formula is C22H30N2O3. The lowest BCUT2D eigenvalue weighted by atomic mass is 9.78. The zero-order chi connectivity index (χ0) is 19.6. The van der Waals surface area contributed by atoms with Gasteiger partial charge in [0.05, 0.1) is 7.11 Å². The number of amides is 2. The second-order valence-electron chi connectivity index (χ2n) is 8.34. The zero-order valence-electron chi connectivity index (χ0n) is 16.6. The van der Waals surface area contributed by atoms with Gasteiger partial charge in [0.25, 0.3) is 0 Å². The monoisotopic (exact) mass is 370 g/mol. The van der Waals surface area contributed by atoms with Gasteiger partial charge in [0.15, 0.2) is 0 Å². The van der Waals surface area contributed by atoms with Gasteiger partial charge >= 0.3 is 0 Å². The van der Waals surface area contributed by atoms with Crippen molar-refractivity contribution >= 4 is 11.8 Å². The van der Waals surface area contributed by atoms with E-state index in [4.69, 9.17) is 4.74 Å². The Labute approximate surface area is 161 Å². The van der Waals surface area contributed by atoms with Crippen LogP contribution in [0.15, 0.2) is 30.9 Å². The molecule has 0 saturated carbocycles. The van der Waals surface area contributed by atoms with Gasteiger partial charge in [0.1, 0.15) is 5.75 Å². The van der Waals surface area contributed by atoms with Crippen molar-refractivity contribution in [2.45, 2.75) is 45.6 Å². The molecule has 1 heterocycles. The summed E-state index contributed by atoms with van der Waals surface area (Å²) in [6.45, 7) is 9.08. The van der Waals surface area contributed by atoms with Crippen LogP contribution >= 0.6 is 0 Å². The predicted molar refractivity (Wildman–Crippen MR) is 106 cm³/mol. The average Bonchev–Trinajstić information content (AvgIpc) is 2.67.